The van der Waals surface area contributed by atoms with E-state index in [9.17, 15) is 0 Å². The van der Waals surface area contributed by atoms with Gasteiger partial charge in [0, 0.05) is 20.1 Å². The van der Waals surface area contributed by atoms with Crippen LogP contribution < -0.4 is 14.8 Å². The van der Waals surface area contributed by atoms with Crippen LogP contribution in [0.3, 0.4) is 0 Å². The van der Waals surface area contributed by atoms with Gasteiger partial charge in [-0.15, -0.1) is 24.0 Å². The predicted molar refractivity (Wildman–Crippen MR) is 101 cm³/mol. The summed E-state index contributed by atoms with van der Waals surface area (Å²) in [6.07, 6.45) is 2.52. The van der Waals surface area contributed by atoms with Crippen molar-refractivity contribution in [3.05, 3.63) is 24.3 Å². The largest absolute Gasteiger partial charge is 0.493 e. The molecular formula is C16H26IN3O2. The Morgan fingerprint density at radius 3 is 2.50 bits per heavy atom. The van der Waals surface area contributed by atoms with Crippen LogP contribution in [0.1, 0.15) is 19.8 Å². The molecule has 0 radical (unpaired) electrons. The molecular weight excluding hydrogens is 393 g/mol. The first kappa shape index (κ1) is 18.9. The fourth-order valence-corrected chi connectivity index (χ4v) is 2.47. The van der Waals surface area contributed by atoms with Gasteiger partial charge in [0.25, 0.3) is 0 Å². The second kappa shape index (κ2) is 9.76. The summed E-state index contributed by atoms with van der Waals surface area (Å²) in [4.78, 5) is 6.62. The molecule has 5 nitrogen and oxygen atoms in total. The Kier molecular flexibility index (Phi) is 8.37. The Bertz CT molecular complexity index is 476. The number of guanidine groups is 1. The molecule has 1 unspecified atom stereocenters. The number of methoxy groups -OCH3 is 1. The number of hydrogen-bond acceptors (Lipinski definition) is 3. The number of aliphatic imine (C=N–C) groups is 1. The van der Waals surface area contributed by atoms with E-state index in [0.717, 1.165) is 30.5 Å². The lowest BCUT2D eigenvalue weighted by molar-refractivity contribution is 0.212. The van der Waals surface area contributed by atoms with Gasteiger partial charge in [-0.2, -0.15) is 0 Å². The third kappa shape index (κ3) is 5.23. The molecule has 1 N–H and O–H groups in total. The number of para-hydroxylation sites is 2. The molecule has 0 bridgehead atoms. The Hall–Kier alpha value is -1.18. The van der Waals surface area contributed by atoms with Crippen molar-refractivity contribution in [3.8, 4) is 11.5 Å². The number of hydrogen-bond donors (Lipinski definition) is 1. The molecule has 22 heavy (non-hydrogen) atoms. The fourth-order valence-electron chi connectivity index (χ4n) is 2.47. The van der Waals surface area contributed by atoms with Gasteiger partial charge in [0.1, 0.15) is 6.10 Å². The first-order valence-corrected chi connectivity index (χ1v) is 7.50. The zero-order valence-electron chi connectivity index (χ0n) is 13.5. The van der Waals surface area contributed by atoms with Crippen molar-refractivity contribution >= 4 is 29.9 Å². The van der Waals surface area contributed by atoms with E-state index in [1.54, 1.807) is 7.11 Å². The van der Waals surface area contributed by atoms with Gasteiger partial charge >= 0.3 is 0 Å². The van der Waals surface area contributed by atoms with Crippen molar-refractivity contribution in [1.82, 2.24) is 10.2 Å². The highest BCUT2D eigenvalue weighted by Gasteiger charge is 2.16. The van der Waals surface area contributed by atoms with Gasteiger partial charge in [0.2, 0.25) is 0 Å². The van der Waals surface area contributed by atoms with Crippen molar-refractivity contribution < 1.29 is 9.47 Å². The van der Waals surface area contributed by atoms with E-state index >= 15 is 0 Å². The van der Waals surface area contributed by atoms with Gasteiger partial charge in [-0.1, -0.05) is 12.1 Å². The maximum atomic E-state index is 5.93. The monoisotopic (exact) mass is 419 g/mol. The van der Waals surface area contributed by atoms with Crippen LogP contribution in [0.15, 0.2) is 29.3 Å². The quantitative estimate of drug-likeness (QED) is 0.453. The summed E-state index contributed by atoms with van der Waals surface area (Å²) in [5, 5.41) is 3.38. The fraction of sp³-hybridized carbons (Fsp3) is 0.562. The number of likely N-dealkylation sites (tertiary alicyclic amines) is 1. The topological polar surface area (TPSA) is 46.1 Å². The van der Waals surface area contributed by atoms with Crippen LogP contribution in [0.4, 0.5) is 0 Å². The first-order valence-electron chi connectivity index (χ1n) is 7.50. The van der Waals surface area contributed by atoms with E-state index in [-0.39, 0.29) is 30.1 Å². The highest BCUT2D eigenvalue weighted by atomic mass is 127. The summed E-state index contributed by atoms with van der Waals surface area (Å²) in [7, 11) is 3.48. The van der Waals surface area contributed by atoms with Crippen LogP contribution in [-0.2, 0) is 0 Å². The molecule has 1 aliphatic rings. The molecule has 124 valence electrons. The van der Waals surface area contributed by atoms with Crippen molar-refractivity contribution in [2.24, 2.45) is 4.99 Å². The van der Waals surface area contributed by atoms with Gasteiger partial charge < -0.3 is 19.7 Å². The number of benzene rings is 1. The molecule has 1 aliphatic heterocycles. The molecule has 0 spiro atoms. The normalized spacial score (nSPS) is 16.0. The zero-order valence-corrected chi connectivity index (χ0v) is 15.9. The molecule has 0 saturated carbocycles. The predicted octanol–water partition coefficient (Wildman–Crippen LogP) is 2.75. The lowest BCUT2D eigenvalue weighted by Gasteiger charge is -2.23. The summed E-state index contributed by atoms with van der Waals surface area (Å²) in [6, 6.07) is 7.70. The van der Waals surface area contributed by atoms with Gasteiger partial charge in [0.05, 0.1) is 13.7 Å². The summed E-state index contributed by atoms with van der Waals surface area (Å²) < 4.78 is 11.2. The maximum Gasteiger partial charge on any atom is 0.193 e. The Balaban J connectivity index is 0.00000242. The summed E-state index contributed by atoms with van der Waals surface area (Å²) in [5.74, 6) is 2.49. The number of halogens is 1. The molecule has 1 saturated heterocycles. The molecule has 6 heteroatoms. The minimum absolute atomic E-state index is 0. The van der Waals surface area contributed by atoms with Crippen LogP contribution >= 0.6 is 24.0 Å². The van der Waals surface area contributed by atoms with Crippen molar-refractivity contribution in [1.29, 1.82) is 0 Å². The lowest BCUT2D eigenvalue weighted by atomic mass is 10.3. The van der Waals surface area contributed by atoms with Gasteiger partial charge in [0.15, 0.2) is 17.5 Å². The number of rotatable bonds is 5. The summed E-state index contributed by atoms with van der Waals surface area (Å²) in [6.45, 7) is 4.92. The first-order chi connectivity index (χ1) is 10.2. The Morgan fingerprint density at radius 2 is 1.91 bits per heavy atom. The number of nitrogens with one attached hydrogen (secondary N) is 1. The van der Waals surface area contributed by atoms with E-state index in [0.29, 0.717) is 6.54 Å². The van der Waals surface area contributed by atoms with Gasteiger partial charge in [-0.05, 0) is 31.9 Å². The average molecular weight is 419 g/mol. The third-order valence-electron chi connectivity index (χ3n) is 3.56. The molecule has 1 aromatic rings. The van der Waals surface area contributed by atoms with Gasteiger partial charge in [-0.25, -0.2) is 0 Å². The molecule has 1 aromatic carbocycles. The zero-order chi connectivity index (χ0) is 15.1. The van der Waals surface area contributed by atoms with Crippen LogP contribution in [0, 0.1) is 0 Å². The minimum atomic E-state index is 0. The molecule has 0 aliphatic carbocycles. The Labute approximate surface area is 150 Å². The highest BCUT2D eigenvalue weighted by molar-refractivity contribution is 14.0. The molecule has 0 aromatic heterocycles. The SMILES string of the molecule is CN=C(NCC(C)Oc1ccccc1OC)N1CCCC1.I. The standard InChI is InChI=1S/C16H25N3O2.HI/c1-13(21-15-9-5-4-8-14(15)20-3)12-18-16(17-2)19-10-6-7-11-19;/h4-5,8-9,13H,6-7,10-12H2,1-3H3,(H,17,18);1H. The van der Waals surface area contributed by atoms with Crippen LogP contribution in [0.25, 0.3) is 0 Å². The van der Waals surface area contributed by atoms with E-state index in [1.165, 1.54) is 12.8 Å². The van der Waals surface area contributed by atoms with Crippen molar-refractivity contribution in [2.45, 2.75) is 25.9 Å². The molecule has 1 fully saturated rings. The van der Waals surface area contributed by atoms with Crippen LogP contribution in [0.2, 0.25) is 0 Å². The number of nitrogens with zero attached hydrogens (tertiary/aromatic N) is 2. The van der Waals surface area contributed by atoms with E-state index in [4.69, 9.17) is 9.47 Å². The average Bonchev–Trinajstić information content (AvgIpc) is 3.03. The molecule has 0 amide bonds. The Morgan fingerprint density at radius 1 is 1.27 bits per heavy atom. The lowest BCUT2D eigenvalue weighted by Crippen LogP contribution is -2.43. The van der Waals surface area contributed by atoms with E-state index in [1.807, 2.05) is 38.2 Å². The summed E-state index contributed by atoms with van der Waals surface area (Å²) in [5.41, 5.74) is 0. The maximum absolute atomic E-state index is 5.93. The second-order valence-electron chi connectivity index (χ2n) is 5.20. The van der Waals surface area contributed by atoms with E-state index < -0.39 is 0 Å². The third-order valence-corrected chi connectivity index (χ3v) is 3.56. The highest BCUT2D eigenvalue weighted by Crippen LogP contribution is 2.26. The van der Waals surface area contributed by atoms with Crippen molar-refractivity contribution in [2.75, 3.05) is 33.8 Å². The van der Waals surface area contributed by atoms with Crippen LogP contribution in [0.5, 0.6) is 11.5 Å². The van der Waals surface area contributed by atoms with E-state index in [2.05, 4.69) is 15.2 Å². The summed E-state index contributed by atoms with van der Waals surface area (Å²) >= 11 is 0. The molecule has 2 rings (SSSR count). The molecule has 1 atom stereocenters. The van der Waals surface area contributed by atoms with Gasteiger partial charge in [-0.3, -0.25) is 4.99 Å². The number of ether oxygens (including phenoxy) is 2. The smallest absolute Gasteiger partial charge is 0.193 e. The van der Waals surface area contributed by atoms with Crippen LogP contribution in [-0.4, -0.2) is 50.8 Å². The second-order valence-corrected chi connectivity index (χ2v) is 5.20. The molecule has 1 heterocycles. The van der Waals surface area contributed by atoms with Crippen molar-refractivity contribution in [3.63, 3.8) is 0 Å². The minimum Gasteiger partial charge on any atom is -0.493 e.